The minimum absolute atomic E-state index is 0.0850. The topological polar surface area (TPSA) is 46.3 Å². The van der Waals surface area contributed by atoms with E-state index in [1.54, 1.807) is 23.3 Å². The number of nitrogens with zero attached hydrogens (tertiary/aromatic N) is 1. The van der Waals surface area contributed by atoms with E-state index in [1.807, 2.05) is 41.8 Å². The van der Waals surface area contributed by atoms with E-state index in [-0.39, 0.29) is 10.9 Å². The van der Waals surface area contributed by atoms with Gasteiger partial charge in [0.25, 0.3) is 0 Å². The molecule has 0 radical (unpaired) electrons. The first kappa shape index (κ1) is 16.1. The standard InChI is InChI=1S/C15H15BrN2OS2/c1-18(8-12-7-11(16)9-21-12)15(19)13(14(17)20)10-5-3-2-4-6-10/h2-7,9,13H,8H2,1H3,(H2,17,20). The molecular weight excluding hydrogens is 368 g/mol. The predicted molar refractivity (Wildman–Crippen MR) is 94.5 cm³/mol. The van der Waals surface area contributed by atoms with Crippen LogP contribution in [0.5, 0.6) is 0 Å². The van der Waals surface area contributed by atoms with Gasteiger partial charge in [-0.25, -0.2) is 0 Å². The van der Waals surface area contributed by atoms with Gasteiger partial charge in [-0.15, -0.1) is 11.3 Å². The van der Waals surface area contributed by atoms with Crippen LogP contribution in [0.4, 0.5) is 0 Å². The molecule has 1 aromatic carbocycles. The Balaban J connectivity index is 2.17. The maximum absolute atomic E-state index is 12.6. The van der Waals surface area contributed by atoms with E-state index in [1.165, 1.54) is 0 Å². The van der Waals surface area contributed by atoms with Gasteiger partial charge in [0.05, 0.1) is 11.5 Å². The van der Waals surface area contributed by atoms with E-state index in [2.05, 4.69) is 15.9 Å². The molecular formula is C15H15BrN2OS2. The van der Waals surface area contributed by atoms with E-state index in [9.17, 15) is 4.79 Å². The minimum atomic E-state index is -0.574. The fourth-order valence-corrected chi connectivity index (χ4v) is 3.78. The first-order chi connectivity index (χ1) is 9.99. The highest BCUT2D eigenvalue weighted by molar-refractivity contribution is 9.10. The summed E-state index contributed by atoms with van der Waals surface area (Å²) in [5.74, 6) is -0.659. The number of carbonyl (C=O) groups excluding carboxylic acids is 1. The maximum atomic E-state index is 12.6. The van der Waals surface area contributed by atoms with Crippen molar-refractivity contribution in [2.24, 2.45) is 5.73 Å². The zero-order valence-electron chi connectivity index (χ0n) is 11.5. The molecule has 0 aliphatic heterocycles. The van der Waals surface area contributed by atoms with E-state index in [4.69, 9.17) is 18.0 Å². The van der Waals surface area contributed by atoms with Gasteiger partial charge in [-0.3, -0.25) is 4.79 Å². The second kappa shape index (κ2) is 7.15. The number of rotatable bonds is 5. The lowest BCUT2D eigenvalue weighted by Crippen LogP contribution is -2.37. The molecule has 2 rings (SSSR count). The summed E-state index contributed by atoms with van der Waals surface area (Å²) in [7, 11) is 1.77. The lowest BCUT2D eigenvalue weighted by molar-refractivity contribution is -0.130. The SMILES string of the molecule is CN(Cc1cc(Br)cs1)C(=O)C(C(N)=S)c1ccccc1. The van der Waals surface area contributed by atoms with Gasteiger partial charge in [-0.1, -0.05) is 42.5 Å². The van der Waals surface area contributed by atoms with Crippen LogP contribution in [0, 0.1) is 0 Å². The smallest absolute Gasteiger partial charge is 0.237 e. The molecule has 6 heteroatoms. The average Bonchev–Trinajstić information content (AvgIpc) is 2.85. The Hall–Kier alpha value is -1.24. The third-order valence-electron chi connectivity index (χ3n) is 3.06. The van der Waals surface area contributed by atoms with Gasteiger partial charge in [0.2, 0.25) is 5.91 Å². The van der Waals surface area contributed by atoms with Crippen LogP contribution in [0.3, 0.4) is 0 Å². The molecule has 3 nitrogen and oxygen atoms in total. The molecule has 0 bridgehead atoms. The van der Waals surface area contributed by atoms with Crippen LogP contribution in [0.25, 0.3) is 0 Å². The Bertz CT molecular complexity index is 642. The minimum Gasteiger partial charge on any atom is -0.392 e. The zero-order valence-corrected chi connectivity index (χ0v) is 14.7. The monoisotopic (exact) mass is 382 g/mol. The van der Waals surface area contributed by atoms with E-state index in [0.29, 0.717) is 6.54 Å². The summed E-state index contributed by atoms with van der Waals surface area (Å²) in [5.41, 5.74) is 6.61. The van der Waals surface area contributed by atoms with Gasteiger partial charge in [-0.05, 0) is 27.6 Å². The lowest BCUT2D eigenvalue weighted by atomic mass is 9.97. The zero-order chi connectivity index (χ0) is 15.4. The summed E-state index contributed by atoms with van der Waals surface area (Å²) in [5, 5.41) is 2.00. The fraction of sp³-hybridized carbons (Fsp3) is 0.200. The molecule has 0 saturated carbocycles. The first-order valence-electron chi connectivity index (χ1n) is 6.31. The van der Waals surface area contributed by atoms with Crippen molar-refractivity contribution in [3.05, 3.63) is 56.7 Å². The molecule has 0 saturated heterocycles. The number of thiophene rings is 1. The molecule has 1 amide bonds. The second-order valence-electron chi connectivity index (χ2n) is 4.67. The molecule has 1 atom stereocenters. The number of hydrogen-bond acceptors (Lipinski definition) is 3. The molecule has 1 heterocycles. The number of benzene rings is 1. The number of likely N-dealkylation sites (N-methyl/N-ethyl adjacent to an activating group) is 1. The number of hydrogen-bond donors (Lipinski definition) is 1. The summed E-state index contributed by atoms with van der Waals surface area (Å²) in [6.45, 7) is 0.543. The van der Waals surface area contributed by atoms with E-state index < -0.39 is 5.92 Å². The molecule has 0 fully saturated rings. The van der Waals surface area contributed by atoms with Crippen molar-refractivity contribution in [1.82, 2.24) is 4.90 Å². The third-order valence-corrected chi connectivity index (χ3v) is 4.97. The molecule has 21 heavy (non-hydrogen) atoms. The Morgan fingerprint density at radius 3 is 2.62 bits per heavy atom. The number of carbonyl (C=O) groups is 1. The highest BCUT2D eigenvalue weighted by Crippen LogP contribution is 2.23. The van der Waals surface area contributed by atoms with Crippen LogP contribution in [0.15, 0.2) is 46.3 Å². The Morgan fingerprint density at radius 2 is 2.10 bits per heavy atom. The average molecular weight is 383 g/mol. The largest absolute Gasteiger partial charge is 0.392 e. The van der Waals surface area contributed by atoms with Crippen LogP contribution in [-0.2, 0) is 11.3 Å². The highest BCUT2D eigenvalue weighted by atomic mass is 79.9. The number of nitrogens with two attached hydrogens (primary N) is 1. The van der Waals surface area contributed by atoms with Crippen LogP contribution < -0.4 is 5.73 Å². The van der Waals surface area contributed by atoms with Gasteiger partial charge < -0.3 is 10.6 Å². The second-order valence-corrected chi connectivity index (χ2v) is 7.05. The third kappa shape index (κ3) is 4.12. The number of amides is 1. The Morgan fingerprint density at radius 1 is 1.43 bits per heavy atom. The van der Waals surface area contributed by atoms with Gasteiger partial charge in [0, 0.05) is 21.8 Å². The fourth-order valence-electron chi connectivity index (χ4n) is 2.04. The van der Waals surface area contributed by atoms with Gasteiger partial charge in [0.15, 0.2) is 0 Å². The van der Waals surface area contributed by atoms with Crippen molar-refractivity contribution in [3.8, 4) is 0 Å². The predicted octanol–water partition coefficient (Wildman–Crippen LogP) is 3.54. The summed E-state index contributed by atoms with van der Waals surface area (Å²) < 4.78 is 1.03. The van der Waals surface area contributed by atoms with E-state index in [0.717, 1.165) is 14.9 Å². The molecule has 1 unspecified atom stereocenters. The van der Waals surface area contributed by atoms with Gasteiger partial charge >= 0.3 is 0 Å². The van der Waals surface area contributed by atoms with Crippen molar-refractivity contribution in [2.45, 2.75) is 12.5 Å². The molecule has 110 valence electrons. The molecule has 2 N–H and O–H groups in total. The normalized spacial score (nSPS) is 11.9. The molecule has 1 aromatic heterocycles. The molecule has 0 spiro atoms. The Kier molecular flexibility index (Phi) is 5.50. The molecule has 2 aromatic rings. The van der Waals surface area contributed by atoms with Crippen molar-refractivity contribution in [2.75, 3.05) is 7.05 Å². The van der Waals surface area contributed by atoms with Crippen LogP contribution in [-0.4, -0.2) is 22.8 Å². The quantitative estimate of drug-likeness (QED) is 0.804. The number of thiocarbonyl (C=S) groups is 1. The van der Waals surface area contributed by atoms with Crippen molar-refractivity contribution in [3.63, 3.8) is 0 Å². The summed E-state index contributed by atoms with van der Waals surface area (Å²) >= 11 is 10.1. The van der Waals surface area contributed by atoms with Crippen molar-refractivity contribution >= 4 is 50.4 Å². The summed E-state index contributed by atoms with van der Waals surface area (Å²) in [6.07, 6.45) is 0. The lowest BCUT2D eigenvalue weighted by Gasteiger charge is -2.23. The van der Waals surface area contributed by atoms with Gasteiger partial charge in [-0.2, -0.15) is 0 Å². The van der Waals surface area contributed by atoms with Crippen LogP contribution in [0.1, 0.15) is 16.4 Å². The summed E-state index contributed by atoms with van der Waals surface area (Å²) in [4.78, 5) is 15.6. The maximum Gasteiger partial charge on any atom is 0.237 e. The van der Waals surface area contributed by atoms with Crippen molar-refractivity contribution < 1.29 is 4.79 Å². The first-order valence-corrected chi connectivity index (χ1v) is 8.39. The highest BCUT2D eigenvalue weighted by Gasteiger charge is 2.26. The van der Waals surface area contributed by atoms with Crippen LogP contribution in [0.2, 0.25) is 0 Å². The molecule has 0 aliphatic carbocycles. The van der Waals surface area contributed by atoms with E-state index >= 15 is 0 Å². The molecule has 0 aliphatic rings. The van der Waals surface area contributed by atoms with Crippen molar-refractivity contribution in [1.29, 1.82) is 0 Å². The Labute approximate surface area is 141 Å². The van der Waals surface area contributed by atoms with Gasteiger partial charge in [0.1, 0.15) is 5.92 Å². The summed E-state index contributed by atoms with van der Waals surface area (Å²) in [6, 6.07) is 11.4. The van der Waals surface area contributed by atoms with Crippen LogP contribution >= 0.6 is 39.5 Å². The number of halogens is 1.